The van der Waals surface area contributed by atoms with E-state index in [0.717, 1.165) is 21.0 Å². The molecule has 0 aliphatic carbocycles. The maximum absolute atomic E-state index is 7.72. The van der Waals surface area contributed by atoms with Gasteiger partial charge in [0.2, 0.25) is 0 Å². The highest BCUT2D eigenvalue weighted by Crippen LogP contribution is 2.31. The van der Waals surface area contributed by atoms with Gasteiger partial charge in [-0.3, -0.25) is 5.41 Å². The van der Waals surface area contributed by atoms with E-state index in [2.05, 4.69) is 50.0 Å². The quantitative estimate of drug-likeness (QED) is 0.662. The van der Waals surface area contributed by atoms with Gasteiger partial charge in [0.1, 0.15) is 10.9 Å². The molecule has 1 aromatic heterocycles. The summed E-state index contributed by atoms with van der Waals surface area (Å²) in [5, 5.41) is 8.51. The Morgan fingerprint density at radius 3 is 2.29 bits per heavy atom. The van der Waals surface area contributed by atoms with Gasteiger partial charge in [-0.15, -0.1) is 0 Å². The predicted molar refractivity (Wildman–Crippen MR) is 89.3 cm³/mol. The van der Waals surface area contributed by atoms with Crippen molar-refractivity contribution in [2.75, 3.05) is 0 Å². The molecule has 0 unspecified atom stereocenters. The van der Waals surface area contributed by atoms with Crippen molar-refractivity contribution < 1.29 is 0 Å². The highest BCUT2D eigenvalue weighted by molar-refractivity contribution is 7.99. The third kappa shape index (κ3) is 3.64. The zero-order valence-corrected chi connectivity index (χ0v) is 13.7. The lowest BCUT2D eigenvalue weighted by atomic mass is 9.87. The fourth-order valence-electron chi connectivity index (χ4n) is 2.07. The molecule has 0 atom stereocenters. The van der Waals surface area contributed by atoms with Crippen LogP contribution in [-0.2, 0) is 5.41 Å². The summed E-state index contributed by atoms with van der Waals surface area (Å²) in [6.45, 7) is 8.55. The minimum Gasteiger partial charge on any atom is -0.384 e. The third-order valence-electron chi connectivity index (χ3n) is 3.33. The Labute approximate surface area is 130 Å². The number of nitrogens with zero attached hydrogens (tertiary/aromatic N) is 1. The summed E-state index contributed by atoms with van der Waals surface area (Å²) in [7, 11) is 0. The molecule has 1 aromatic carbocycles. The lowest BCUT2D eigenvalue weighted by Gasteiger charge is -2.19. The number of pyridine rings is 1. The van der Waals surface area contributed by atoms with Crippen LogP contribution in [0.1, 0.15) is 37.5 Å². The van der Waals surface area contributed by atoms with Gasteiger partial charge in [-0.2, -0.15) is 0 Å². The first-order valence-corrected chi connectivity index (χ1v) is 7.69. The third-order valence-corrected chi connectivity index (χ3v) is 4.34. The maximum Gasteiger partial charge on any atom is 0.125 e. The first kappa shape index (κ1) is 15.6. The summed E-state index contributed by atoms with van der Waals surface area (Å²) in [6.07, 6.45) is 1.76. The van der Waals surface area contributed by atoms with Crippen LogP contribution in [0, 0.1) is 12.3 Å². The Morgan fingerprint density at radius 2 is 1.76 bits per heavy atom. The van der Waals surface area contributed by atoms with E-state index in [9.17, 15) is 0 Å². The molecule has 0 bridgehead atoms. The molecular formula is C17H21N3S. The van der Waals surface area contributed by atoms with E-state index in [1.165, 1.54) is 5.56 Å². The Kier molecular flexibility index (Phi) is 4.37. The van der Waals surface area contributed by atoms with Gasteiger partial charge in [0.25, 0.3) is 0 Å². The van der Waals surface area contributed by atoms with Crippen molar-refractivity contribution in [1.82, 2.24) is 4.98 Å². The summed E-state index contributed by atoms with van der Waals surface area (Å²) in [6, 6.07) is 10.4. The number of aromatic nitrogens is 1. The number of rotatable bonds is 3. The summed E-state index contributed by atoms with van der Waals surface area (Å²) >= 11 is 1.54. The largest absolute Gasteiger partial charge is 0.384 e. The molecule has 0 amide bonds. The van der Waals surface area contributed by atoms with Gasteiger partial charge in [-0.25, -0.2) is 4.98 Å². The lowest BCUT2D eigenvalue weighted by molar-refractivity contribution is 0.590. The molecule has 3 N–H and O–H groups in total. The van der Waals surface area contributed by atoms with E-state index in [1.54, 1.807) is 18.0 Å². The van der Waals surface area contributed by atoms with Crippen LogP contribution in [0.4, 0.5) is 0 Å². The summed E-state index contributed by atoms with van der Waals surface area (Å²) in [4.78, 5) is 5.47. The molecule has 1 heterocycles. The van der Waals surface area contributed by atoms with E-state index < -0.39 is 0 Å². The average Bonchev–Trinajstić information content (AvgIpc) is 2.38. The normalized spacial score (nSPS) is 11.4. The average molecular weight is 299 g/mol. The van der Waals surface area contributed by atoms with Gasteiger partial charge < -0.3 is 5.73 Å². The van der Waals surface area contributed by atoms with E-state index >= 15 is 0 Å². The molecule has 21 heavy (non-hydrogen) atoms. The highest BCUT2D eigenvalue weighted by Gasteiger charge is 2.14. The van der Waals surface area contributed by atoms with E-state index in [1.807, 2.05) is 13.0 Å². The number of hydrogen-bond acceptors (Lipinski definition) is 3. The number of aryl methyl sites for hydroxylation is 1. The molecular weight excluding hydrogens is 278 g/mol. The molecule has 2 rings (SSSR count). The van der Waals surface area contributed by atoms with Gasteiger partial charge in [0.15, 0.2) is 0 Å². The molecule has 0 fully saturated rings. The van der Waals surface area contributed by atoms with Gasteiger partial charge >= 0.3 is 0 Å². The summed E-state index contributed by atoms with van der Waals surface area (Å²) in [5.41, 5.74) is 8.83. The van der Waals surface area contributed by atoms with Crippen molar-refractivity contribution in [1.29, 1.82) is 5.41 Å². The first-order chi connectivity index (χ1) is 9.79. The number of nitrogens with two attached hydrogens (primary N) is 1. The summed E-state index contributed by atoms with van der Waals surface area (Å²) < 4.78 is 0. The van der Waals surface area contributed by atoms with Crippen molar-refractivity contribution in [3.8, 4) is 0 Å². The minimum absolute atomic E-state index is 0.0643. The van der Waals surface area contributed by atoms with Crippen molar-refractivity contribution in [2.24, 2.45) is 5.73 Å². The van der Waals surface area contributed by atoms with Crippen molar-refractivity contribution in [3.05, 3.63) is 53.2 Å². The number of nitrogens with one attached hydrogen (secondary N) is 1. The fourth-order valence-corrected chi connectivity index (χ4v) is 3.05. The summed E-state index contributed by atoms with van der Waals surface area (Å²) in [5.74, 6) is 0.0643. The smallest absolute Gasteiger partial charge is 0.125 e. The van der Waals surface area contributed by atoms with Crippen LogP contribution in [0.2, 0.25) is 0 Å². The predicted octanol–water partition coefficient (Wildman–Crippen LogP) is 4.12. The Bertz CT molecular complexity index is 655. The van der Waals surface area contributed by atoms with Crippen LogP contribution in [0.25, 0.3) is 0 Å². The maximum atomic E-state index is 7.72. The standard InChI is InChI=1S/C17H21N3S/c1-11-9-10-20-16(14(11)15(18)19)21-13-7-5-12(6-8-13)17(2,3)4/h5-10H,1-4H3,(H3,18,19). The van der Waals surface area contributed by atoms with Gasteiger partial charge in [-0.1, -0.05) is 44.7 Å². The van der Waals surface area contributed by atoms with Crippen LogP contribution in [0.5, 0.6) is 0 Å². The van der Waals surface area contributed by atoms with Crippen LogP contribution in [-0.4, -0.2) is 10.8 Å². The zero-order valence-electron chi connectivity index (χ0n) is 12.9. The van der Waals surface area contributed by atoms with E-state index in [4.69, 9.17) is 11.1 Å². The van der Waals surface area contributed by atoms with Crippen LogP contribution < -0.4 is 5.73 Å². The highest BCUT2D eigenvalue weighted by atomic mass is 32.2. The molecule has 4 heteroatoms. The van der Waals surface area contributed by atoms with Crippen LogP contribution >= 0.6 is 11.8 Å². The number of benzene rings is 1. The van der Waals surface area contributed by atoms with Crippen molar-refractivity contribution in [2.45, 2.75) is 43.0 Å². The molecule has 0 radical (unpaired) electrons. The topological polar surface area (TPSA) is 62.8 Å². The second-order valence-electron chi connectivity index (χ2n) is 6.10. The molecule has 2 aromatic rings. The van der Waals surface area contributed by atoms with Gasteiger partial charge in [0.05, 0.1) is 5.56 Å². The van der Waals surface area contributed by atoms with E-state index in [0.29, 0.717) is 0 Å². The lowest BCUT2D eigenvalue weighted by Crippen LogP contribution is -2.14. The van der Waals surface area contributed by atoms with Crippen molar-refractivity contribution in [3.63, 3.8) is 0 Å². The Hall–Kier alpha value is -1.81. The number of hydrogen-bond donors (Lipinski definition) is 2. The molecule has 110 valence electrons. The van der Waals surface area contributed by atoms with Crippen molar-refractivity contribution >= 4 is 17.6 Å². The second kappa shape index (κ2) is 5.90. The van der Waals surface area contributed by atoms with Gasteiger partial charge in [-0.05, 0) is 41.7 Å². The number of nitrogen functional groups attached to an aromatic ring is 1. The molecule has 3 nitrogen and oxygen atoms in total. The van der Waals surface area contributed by atoms with E-state index in [-0.39, 0.29) is 11.3 Å². The number of amidine groups is 1. The molecule has 0 aliphatic heterocycles. The minimum atomic E-state index is 0.0643. The first-order valence-electron chi connectivity index (χ1n) is 6.87. The molecule has 0 spiro atoms. The zero-order chi connectivity index (χ0) is 15.6. The molecule has 0 saturated heterocycles. The molecule has 0 aliphatic rings. The SMILES string of the molecule is Cc1ccnc(Sc2ccc(C(C)(C)C)cc2)c1C(=N)N. The second-order valence-corrected chi connectivity index (χ2v) is 7.16. The van der Waals surface area contributed by atoms with Crippen LogP contribution in [0.3, 0.4) is 0 Å². The molecule has 0 saturated carbocycles. The fraction of sp³-hybridized carbons (Fsp3) is 0.294. The Balaban J connectivity index is 2.31. The van der Waals surface area contributed by atoms with Gasteiger partial charge in [0, 0.05) is 11.1 Å². The Morgan fingerprint density at radius 1 is 1.14 bits per heavy atom. The van der Waals surface area contributed by atoms with Crippen LogP contribution in [0.15, 0.2) is 46.5 Å². The monoisotopic (exact) mass is 299 g/mol.